The molecule has 6 heteroatoms. The molecule has 84 valence electrons. The Morgan fingerprint density at radius 1 is 1.41 bits per heavy atom. The van der Waals surface area contributed by atoms with E-state index in [1.165, 1.54) is 6.33 Å². The third kappa shape index (κ3) is 2.06. The van der Waals surface area contributed by atoms with Crippen LogP contribution in [0.4, 0.5) is 0 Å². The van der Waals surface area contributed by atoms with Gasteiger partial charge < -0.3 is 14.6 Å². The minimum atomic E-state index is -1.63. The van der Waals surface area contributed by atoms with Crippen LogP contribution in [0.25, 0.3) is 5.69 Å². The van der Waals surface area contributed by atoms with Crippen molar-refractivity contribution >= 4 is 12.6 Å². The van der Waals surface area contributed by atoms with E-state index in [0.29, 0.717) is 16.7 Å². The first-order valence-electron chi connectivity index (χ1n) is 5.02. The Labute approximate surface area is 98.7 Å². The van der Waals surface area contributed by atoms with Gasteiger partial charge in [-0.15, -0.1) is 0 Å². The summed E-state index contributed by atoms with van der Waals surface area (Å²) >= 11 is 0. The Morgan fingerprint density at radius 2 is 2.18 bits per heavy atom. The number of hydrogen-bond acceptors (Lipinski definition) is 4. The van der Waals surface area contributed by atoms with E-state index in [1.54, 1.807) is 36.0 Å². The highest BCUT2D eigenvalue weighted by Gasteiger charge is 2.20. The van der Waals surface area contributed by atoms with Crippen LogP contribution in [0.2, 0.25) is 0 Å². The molecule has 0 amide bonds. The fraction of sp³-hybridized carbons (Fsp3) is 0.0909. The molecular formula is C11H10BN3O2. The van der Waals surface area contributed by atoms with E-state index in [2.05, 4.69) is 4.98 Å². The van der Waals surface area contributed by atoms with Crippen LogP contribution in [-0.2, 0) is 0 Å². The molecule has 1 heterocycles. The van der Waals surface area contributed by atoms with E-state index < -0.39 is 7.12 Å². The number of nitriles is 1. The summed E-state index contributed by atoms with van der Waals surface area (Å²) in [5.41, 5.74) is 1.92. The van der Waals surface area contributed by atoms with Crippen molar-refractivity contribution in [2.75, 3.05) is 0 Å². The van der Waals surface area contributed by atoms with Crippen LogP contribution in [0.3, 0.4) is 0 Å². The summed E-state index contributed by atoms with van der Waals surface area (Å²) in [6.07, 6.45) is 4.73. The minimum absolute atomic E-state index is 0.291. The molecule has 0 unspecified atom stereocenters. The van der Waals surface area contributed by atoms with Crippen LogP contribution < -0.4 is 5.46 Å². The molecule has 0 saturated heterocycles. The number of nitrogens with zero attached hydrogens (tertiary/aromatic N) is 3. The molecule has 0 bridgehead atoms. The molecule has 0 atom stereocenters. The van der Waals surface area contributed by atoms with Crippen molar-refractivity contribution in [1.82, 2.24) is 9.55 Å². The summed E-state index contributed by atoms with van der Waals surface area (Å²) in [6, 6.07) is 5.38. The summed E-state index contributed by atoms with van der Waals surface area (Å²) in [5.74, 6) is 0. The second kappa shape index (κ2) is 4.41. The van der Waals surface area contributed by atoms with Crippen molar-refractivity contribution in [2.45, 2.75) is 6.92 Å². The molecule has 1 aromatic heterocycles. The first-order valence-corrected chi connectivity index (χ1v) is 5.02. The van der Waals surface area contributed by atoms with E-state index in [0.717, 1.165) is 5.56 Å². The highest BCUT2D eigenvalue weighted by molar-refractivity contribution is 6.60. The molecule has 0 aliphatic rings. The van der Waals surface area contributed by atoms with Gasteiger partial charge in [-0.1, -0.05) is 11.6 Å². The number of hydrogen-bond donors (Lipinski definition) is 2. The zero-order valence-corrected chi connectivity index (χ0v) is 9.20. The van der Waals surface area contributed by atoms with E-state index in [9.17, 15) is 10.0 Å². The largest absolute Gasteiger partial charge is 0.490 e. The van der Waals surface area contributed by atoms with Gasteiger partial charge in [-0.3, -0.25) is 0 Å². The van der Waals surface area contributed by atoms with Crippen LogP contribution >= 0.6 is 0 Å². The standard InChI is InChI=1S/C11H10BN3O2/c1-8-4-9(6-13)11(10(5-8)12(16)17)15-3-2-14-7-15/h2-5,7,16-17H,1H3. The summed E-state index contributed by atoms with van der Waals surface area (Å²) in [6.45, 7) is 1.80. The van der Waals surface area contributed by atoms with Gasteiger partial charge in [-0.2, -0.15) is 5.26 Å². The number of benzene rings is 1. The lowest BCUT2D eigenvalue weighted by Crippen LogP contribution is -2.34. The SMILES string of the molecule is Cc1cc(C#N)c(-n2ccnc2)c(B(O)O)c1. The smallest absolute Gasteiger partial charge is 0.423 e. The average molecular weight is 227 g/mol. The van der Waals surface area contributed by atoms with Crippen LogP contribution in [0.1, 0.15) is 11.1 Å². The monoisotopic (exact) mass is 227 g/mol. The molecule has 2 N–H and O–H groups in total. The molecule has 2 rings (SSSR count). The van der Waals surface area contributed by atoms with Crippen molar-refractivity contribution < 1.29 is 10.0 Å². The Hall–Kier alpha value is -2.10. The van der Waals surface area contributed by atoms with Crippen LogP contribution in [0.5, 0.6) is 0 Å². The predicted molar refractivity (Wildman–Crippen MR) is 62.8 cm³/mol. The van der Waals surface area contributed by atoms with Gasteiger partial charge in [-0.25, -0.2) is 4.98 Å². The molecule has 2 aromatic rings. The maximum Gasteiger partial charge on any atom is 0.490 e. The van der Waals surface area contributed by atoms with Crippen molar-refractivity contribution in [1.29, 1.82) is 5.26 Å². The highest BCUT2D eigenvalue weighted by atomic mass is 16.4. The second-order valence-electron chi connectivity index (χ2n) is 3.71. The lowest BCUT2D eigenvalue weighted by molar-refractivity contribution is 0.425. The Kier molecular flexibility index (Phi) is 2.96. The van der Waals surface area contributed by atoms with Crippen molar-refractivity contribution in [3.8, 4) is 11.8 Å². The quantitative estimate of drug-likeness (QED) is 0.692. The minimum Gasteiger partial charge on any atom is -0.423 e. The van der Waals surface area contributed by atoms with Gasteiger partial charge in [0.2, 0.25) is 0 Å². The van der Waals surface area contributed by atoms with E-state index >= 15 is 0 Å². The molecule has 0 fully saturated rings. The van der Waals surface area contributed by atoms with Crippen LogP contribution in [-0.4, -0.2) is 26.7 Å². The van der Waals surface area contributed by atoms with E-state index in [4.69, 9.17) is 5.26 Å². The average Bonchev–Trinajstić information content (AvgIpc) is 2.80. The van der Waals surface area contributed by atoms with Gasteiger partial charge in [0.05, 0.1) is 17.6 Å². The molecule has 0 aliphatic carbocycles. The number of aryl methyl sites for hydroxylation is 1. The maximum atomic E-state index is 9.36. The fourth-order valence-corrected chi connectivity index (χ4v) is 1.77. The summed E-state index contributed by atoms with van der Waals surface area (Å²) in [4.78, 5) is 3.89. The number of rotatable bonds is 2. The zero-order chi connectivity index (χ0) is 12.4. The summed E-state index contributed by atoms with van der Waals surface area (Å²) in [5, 5.41) is 27.8. The lowest BCUT2D eigenvalue weighted by atomic mass is 9.77. The molecule has 17 heavy (non-hydrogen) atoms. The number of aromatic nitrogens is 2. The van der Waals surface area contributed by atoms with Crippen LogP contribution in [0.15, 0.2) is 30.9 Å². The predicted octanol–water partition coefficient (Wildman–Crippen LogP) is -0.268. The van der Waals surface area contributed by atoms with E-state index in [1.807, 2.05) is 6.07 Å². The third-order valence-electron chi connectivity index (χ3n) is 2.44. The van der Waals surface area contributed by atoms with Crippen molar-refractivity contribution in [3.05, 3.63) is 42.0 Å². The van der Waals surface area contributed by atoms with Crippen LogP contribution in [0, 0.1) is 18.3 Å². The molecule has 0 aliphatic heterocycles. The summed E-state index contributed by atoms with van der Waals surface area (Å²) in [7, 11) is -1.63. The Morgan fingerprint density at radius 3 is 2.71 bits per heavy atom. The van der Waals surface area contributed by atoms with Gasteiger partial charge >= 0.3 is 7.12 Å². The summed E-state index contributed by atoms with van der Waals surface area (Å²) < 4.78 is 1.59. The van der Waals surface area contributed by atoms with Crippen molar-refractivity contribution in [3.63, 3.8) is 0 Å². The first-order chi connectivity index (χ1) is 8.13. The first kappa shape index (κ1) is 11.4. The number of imidazole rings is 1. The molecule has 0 radical (unpaired) electrons. The maximum absolute atomic E-state index is 9.36. The molecule has 5 nitrogen and oxygen atoms in total. The molecule has 1 aromatic carbocycles. The third-order valence-corrected chi connectivity index (χ3v) is 2.44. The zero-order valence-electron chi connectivity index (χ0n) is 9.20. The lowest BCUT2D eigenvalue weighted by Gasteiger charge is -2.12. The molecule has 0 saturated carbocycles. The van der Waals surface area contributed by atoms with Gasteiger partial charge in [0.15, 0.2) is 0 Å². The normalized spacial score (nSPS) is 10.0. The Balaban J connectivity index is 2.75. The molecule has 0 spiro atoms. The van der Waals surface area contributed by atoms with Gasteiger partial charge in [0, 0.05) is 17.9 Å². The van der Waals surface area contributed by atoms with Gasteiger partial charge in [0.25, 0.3) is 0 Å². The second-order valence-corrected chi connectivity index (χ2v) is 3.71. The Bertz CT molecular complexity index is 573. The fourth-order valence-electron chi connectivity index (χ4n) is 1.77. The highest BCUT2D eigenvalue weighted by Crippen LogP contribution is 2.14. The molecular weight excluding hydrogens is 217 g/mol. The van der Waals surface area contributed by atoms with Gasteiger partial charge in [0.1, 0.15) is 6.07 Å². The topological polar surface area (TPSA) is 82.1 Å². The van der Waals surface area contributed by atoms with E-state index in [-0.39, 0.29) is 0 Å². The van der Waals surface area contributed by atoms with Crippen molar-refractivity contribution in [2.24, 2.45) is 0 Å². The van der Waals surface area contributed by atoms with Gasteiger partial charge in [-0.05, 0) is 13.0 Å².